The third kappa shape index (κ3) is 5.59. The molecular weight excluding hydrogens is 468 g/mol. The summed E-state index contributed by atoms with van der Waals surface area (Å²) in [5, 5.41) is 0. The molecule has 172 valence electrons. The fraction of sp³-hybridized carbons (Fsp3) is 0.190. The van der Waals surface area contributed by atoms with Crippen molar-refractivity contribution in [3.63, 3.8) is 0 Å². The number of nitrogens with zero attached hydrogens (tertiary/aromatic N) is 2. The van der Waals surface area contributed by atoms with Crippen LogP contribution in [-0.2, 0) is 9.59 Å². The van der Waals surface area contributed by atoms with Gasteiger partial charge in [-0.05, 0) is 35.9 Å². The summed E-state index contributed by atoms with van der Waals surface area (Å²) in [6, 6.07) is 6.37. The van der Waals surface area contributed by atoms with Crippen molar-refractivity contribution in [3.8, 4) is 17.2 Å². The molecule has 1 saturated heterocycles. The van der Waals surface area contributed by atoms with Crippen LogP contribution in [0.5, 0.6) is 17.2 Å². The summed E-state index contributed by atoms with van der Waals surface area (Å²) in [5.74, 6) is -0.267. The molecule has 1 fully saturated rings. The Morgan fingerprint density at radius 3 is 2.30 bits per heavy atom. The van der Waals surface area contributed by atoms with Gasteiger partial charge >= 0.3 is 0 Å². The lowest BCUT2D eigenvalue weighted by Gasteiger charge is -2.14. The van der Waals surface area contributed by atoms with E-state index in [-0.39, 0.29) is 10.9 Å². The molecule has 1 aromatic carbocycles. The van der Waals surface area contributed by atoms with Gasteiger partial charge < -0.3 is 14.2 Å². The van der Waals surface area contributed by atoms with Crippen LogP contribution in [0.1, 0.15) is 15.9 Å². The van der Waals surface area contributed by atoms with Crippen LogP contribution >= 0.6 is 24.0 Å². The number of hydrazine groups is 1. The Hall–Kier alpha value is -3.64. The lowest BCUT2D eigenvalue weighted by atomic mass is 10.1. The quantitative estimate of drug-likeness (QED) is 0.341. The van der Waals surface area contributed by atoms with Gasteiger partial charge in [0, 0.05) is 18.0 Å². The molecule has 1 aromatic heterocycles. The molecule has 0 atom stereocenters. The summed E-state index contributed by atoms with van der Waals surface area (Å²) in [6.45, 7) is -0.353. The van der Waals surface area contributed by atoms with Crippen LogP contribution in [0.15, 0.2) is 41.6 Å². The van der Waals surface area contributed by atoms with Gasteiger partial charge in [-0.1, -0.05) is 24.0 Å². The van der Waals surface area contributed by atoms with Gasteiger partial charge in [-0.3, -0.25) is 35.1 Å². The van der Waals surface area contributed by atoms with E-state index in [0.29, 0.717) is 33.3 Å². The zero-order valence-corrected chi connectivity index (χ0v) is 19.5. The number of amides is 3. The largest absolute Gasteiger partial charge is 0.493 e. The minimum Gasteiger partial charge on any atom is -0.493 e. The first kappa shape index (κ1) is 24.0. The number of methoxy groups -OCH3 is 3. The number of pyridine rings is 1. The smallest absolute Gasteiger partial charge is 0.269 e. The van der Waals surface area contributed by atoms with Crippen molar-refractivity contribution < 1.29 is 28.6 Å². The first-order valence-electron chi connectivity index (χ1n) is 9.42. The van der Waals surface area contributed by atoms with Crippen LogP contribution < -0.4 is 25.1 Å². The summed E-state index contributed by atoms with van der Waals surface area (Å²) < 4.78 is 16.2. The number of ether oxygens (including phenoxy) is 3. The summed E-state index contributed by atoms with van der Waals surface area (Å²) in [7, 11) is 4.48. The second-order valence-electron chi connectivity index (χ2n) is 6.46. The lowest BCUT2D eigenvalue weighted by Crippen LogP contribution is -2.47. The van der Waals surface area contributed by atoms with Crippen LogP contribution in [0.2, 0.25) is 0 Å². The lowest BCUT2D eigenvalue weighted by molar-refractivity contribution is -0.129. The molecule has 0 aliphatic carbocycles. The Balaban J connectivity index is 1.68. The average molecular weight is 489 g/mol. The number of hydrogen-bond donors (Lipinski definition) is 2. The number of hydrogen-bond acceptors (Lipinski definition) is 9. The molecule has 2 heterocycles. The zero-order valence-electron chi connectivity index (χ0n) is 17.9. The summed E-state index contributed by atoms with van der Waals surface area (Å²) >= 11 is 6.32. The second-order valence-corrected chi connectivity index (χ2v) is 8.14. The van der Waals surface area contributed by atoms with E-state index in [0.717, 1.165) is 16.7 Å². The van der Waals surface area contributed by atoms with Crippen LogP contribution in [0, 0.1) is 0 Å². The molecule has 3 rings (SSSR count). The number of carbonyl (C=O) groups is 3. The second kappa shape index (κ2) is 10.8. The maximum atomic E-state index is 12.8. The molecule has 0 saturated carbocycles. The molecule has 1 aliphatic heterocycles. The maximum absolute atomic E-state index is 12.8. The molecule has 3 amide bonds. The molecule has 2 N–H and O–H groups in total. The maximum Gasteiger partial charge on any atom is 0.269 e. The fourth-order valence-corrected chi connectivity index (χ4v) is 4.11. The molecule has 0 radical (unpaired) electrons. The van der Waals surface area contributed by atoms with E-state index < -0.39 is 17.7 Å². The number of nitrogens with one attached hydrogen (secondary N) is 2. The van der Waals surface area contributed by atoms with Crippen LogP contribution in [0.3, 0.4) is 0 Å². The number of aromatic nitrogens is 1. The molecule has 0 spiro atoms. The number of benzene rings is 1. The highest BCUT2D eigenvalue weighted by Gasteiger charge is 2.33. The van der Waals surface area contributed by atoms with Crippen LogP contribution in [0.4, 0.5) is 0 Å². The molecule has 33 heavy (non-hydrogen) atoms. The van der Waals surface area contributed by atoms with E-state index >= 15 is 0 Å². The van der Waals surface area contributed by atoms with Gasteiger partial charge in [0.25, 0.3) is 17.7 Å². The van der Waals surface area contributed by atoms with Crippen molar-refractivity contribution in [2.24, 2.45) is 0 Å². The van der Waals surface area contributed by atoms with Crippen molar-refractivity contribution in [1.29, 1.82) is 0 Å². The van der Waals surface area contributed by atoms with E-state index in [9.17, 15) is 14.4 Å². The predicted molar refractivity (Wildman–Crippen MR) is 126 cm³/mol. The standard InChI is InChI=1S/C21H20N4O6S2/c1-29-14-8-12(9-15(30-2)18(14)31-3)10-16-20(28)25(21(32)33-16)11-17(26)23-24-19(27)13-4-6-22-7-5-13/h4-10H,11H2,1-3H3,(H,23,26)(H,24,27)/b16-10+. The highest BCUT2D eigenvalue weighted by Crippen LogP contribution is 2.40. The Morgan fingerprint density at radius 1 is 1.09 bits per heavy atom. The molecule has 12 heteroatoms. The number of carbonyl (C=O) groups excluding carboxylic acids is 3. The third-order valence-electron chi connectivity index (χ3n) is 4.42. The van der Waals surface area contributed by atoms with E-state index in [1.54, 1.807) is 18.2 Å². The summed E-state index contributed by atoms with van der Waals surface area (Å²) in [6.07, 6.45) is 4.53. The normalized spacial score (nSPS) is 14.3. The summed E-state index contributed by atoms with van der Waals surface area (Å²) in [4.78, 5) is 42.4. The van der Waals surface area contributed by atoms with Crippen molar-refractivity contribution in [3.05, 3.63) is 52.7 Å². The Kier molecular flexibility index (Phi) is 7.85. The first-order valence-corrected chi connectivity index (χ1v) is 10.6. The number of rotatable bonds is 7. The van der Waals surface area contributed by atoms with Gasteiger partial charge in [-0.2, -0.15) is 0 Å². The van der Waals surface area contributed by atoms with Crippen LogP contribution in [-0.4, -0.2) is 59.8 Å². The van der Waals surface area contributed by atoms with Gasteiger partial charge in [-0.15, -0.1) is 0 Å². The highest BCUT2D eigenvalue weighted by atomic mass is 32.2. The number of thioether (sulfide) groups is 1. The Labute approximate surface area is 199 Å². The predicted octanol–water partition coefficient (Wildman–Crippen LogP) is 1.77. The monoisotopic (exact) mass is 488 g/mol. The highest BCUT2D eigenvalue weighted by molar-refractivity contribution is 8.26. The van der Waals surface area contributed by atoms with Crippen molar-refractivity contribution in [2.75, 3.05) is 27.9 Å². The van der Waals surface area contributed by atoms with Gasteiger partial charge in [0.2, 0.25) is 5.75 Å². The molecule has 10 nitrogen and oxygen atoms in total. The van der Waals surface area contributed by atoms with Gasteiger partial charge in [0.15, 0.2) is 11.5 Å². The van der Waals surface area contributed by atoms with Crippen LogP contribution in [0.25, 0.3) is 6.08 Å². The molecule has 2 aromatic rings. The van der Waals surface area contributed by atoms with E-state index in [2.05, 4.69) is 15.8 Å². The van der Waals surface area contributed by atoms with Gasteiger partial charge in [0.1, 0.15) is 10.9 Å². The zero-order chi connectivity index (χ0) is 24.0. The third-order valence-corrected chi connectivity index (χ3v) is 5.80. The van der Waals surface area contributed by atoms with Crippen molar-refractivity contribution >= 4 is 52.1 Å². The Bertz CT molecular complexity index is 1100. The van der Waals surface area contributed by atoms with Gasteiger partial charge in [-0.25, -0.2) is 0 Å². The first-order chi connectivity index (χ1) is 15.9. The fourth-order valence-electron chi connectivity index (χ4n) is 2.86. The van der Waals surface area contributed by atoms with Crippen molar-refractivity contribution in [2.45, 2.75) is 0 Å². The molecule has 0 unspecified atom stereocenters. The minimum atomic E-state index is -0.609. The van der Waals surface area contributed by atoms with Gasteiger partial charge in [0.05, 0.1) is 26.2 Å². The topological polar surface area (TPSA) is 119 Å². The molecular formula is C21H20N4O6S2. The SMILES string of the molecule is COc1cc(/C=C2/SC(=S)N(CC(=O)NNC(=O)c3ccncc3)C2=O)cc(OC)c1OC. The number of thiocarbonyl (C=S) groups is 1. The molecule has 1 aliphatic rings. The minimum absolute atomic E-state index is 0.217. The summed E-state index contributed by atoms with van der Waals surface area (Å²) in [5.41, 5.74) is 5.50. The molecule has 0 bridgehead atoms. The van der Waals surface area contributed by atoms with E-state index in [4.69, 9.17) is 26.4 Å². The van der Waals surface area contributed by atoms with E-state index in [1.807, 2.05) is 0 Å². The average Bonchev–Trinajstić information content (AvgIpc) is 3.09. The Morgan fingerprint density at radius 2 is 1.73 bits per heavy atom. The van der Waals surface area contributed by atoms with E-state index in [1.165, 1.54) is 45.9 Å². The van der Waals surface area contributed by atoms with Crippen molar-refractivity contribution in [1.82, 2.24) is 20.7 Å².